The van der Waals surface area contributed by atoms with Crippen LogP contribution in [-0.4, -0.2) is 39.2 Å². The van der Waals surface area contributed by atoms with Crippen LogP contribution in [0.25, 0.3) is 6.08 Å². The third kappa shape index (κ3) is 4.09. The average molecular weight is 384 g/mol. The van der Waals surface area contributed by atoms with Crippen molar-refractivity contribution in [2.45, 2.75) is 6.92 Å². The Bertz CT molecular complexity index is 930. The Kier molecular flexibility index (Phi) is 5.84. The molecule has 0 saturated carbocycles. The predicted octanol–water partition coefficient (Wildman–Crippen LogP) is 3.26. The van der Waals surface area contributed by atoms with Crippen LogP contribution in [0, 0.1) is 0 Å². The topological polar surface area (TPSA) is 80.3 Å². The highest BCUT2D eigenvalue weighted by molar-refractivity contribution is 6.14. The SMILES string of the molecule is CCOC(=O)COc1ccc(C=C2Oc3cc(OC)ccc3C2=O)cc1OC. The fourth-order valence-corrected chi connectivity index (χ4v) is 2.68. The molecule has 0 atom stereocenters. The highest BCUT2D eigenvalue weighted by atomic mass is 16.6. The van der Waals surface area contributed by atoms with Crippen molar-refractivity contribution in [3.05, 3.63) is 53.3 Å². The van der Waals surface area contributed by atoms with Gasteiger partial charge in [0, 0.05) is 6.07 Å². The minimum atomic E-state index is -0.464. The summed E-state index contributed by atoms with van der Waals surface area (Å²) in [5.74, 6) is 1.40. The zero-order valence-electron chi connectivity index (χ0n) is 15.8. The van der Waals surface area contributed by atoms with Gasteiger partial charge in [0.1, 0.15) is 11.5 Å². The molecule has 0 spiro atoms. The number of Topliss-reactive ketones (excluding diaryl/α,β-unsaturated/α-hetero) is 1. The van der Waals surface area contributed by atoms with Gasteiger partial charge >= 0.3 is 5.97 Å². The molecule has 0 N–H and O–H groups in total. The van der Waals surface area contributed by atoms with Gasteiger partial charge in [-0.05, 0) is 42.8 Å². The van der Waals surface area contributed by atoms with E-state index in [2.05, 4.69) is 0 Å². The molecular formula is C21H20O7. The number of ketones is 1. The lowest BCUT2D eigenvalue weighted by Crippen LogP contribution is -2.14. The van der Waals surface area contributed by atoms with Gasteiger partial charge in [0.2, 0.25) is 5.78 Å². The minimum Gasteiger partial charge on any atom is -0.497 e. The van der Waals surface area contributed by atoms with E-state index in [1.807, 2.05) is 0 Å². The number of fused-ring (bicyclic) bond motifs is 1. The lowest BCUT2D eigenvalue weighted by Gasteiger charge is -2.11. The maximum absolute atomic E-state index is 12.5. The molecule has 1 aliphatic rings. The van der Waals surface area contributed by atoms with Crippen LogP contribution in [0.1, 0.15) is 22.8 Å². The Morgan fingerprint density at radius 2 is 1.89 bits per heavy atom. The van der Waals surface area contributed by atoms with E-state index in [9.17, 15) is 9.59 Å². The molecule has 0 amide bonds. The highest BCUT2D eigenvalue weighted by Gasteiger charge is 2.27. The van der Waals surface area contributed by atoms with Gasteiger partial charge in [0.05, 0.1) is 26.4 Å². The van der Waals surface area contributed by atoms with Crippen molar-refractivity contribution in [1.29, 1.82) is 0 Å². The fraction of sp³-hybridized carbons (Fsp3) is 0.238. The largest absolute Gasteiger partial charge is 0.497 e. The van der Waals surface area contributed by atoms with Crippen LogP contribution in [0.3, 0.4) is 0 Å². The van der Waals surface area contributed by atoms with E-state index < -0.39 is 5.97 Å². The van der Waals surface area contributed by atoms with Gasteiger partial charge < -0.3 is 23.7 Å². The van der Waals surface area contributed by atoms with E-state index in [0.29, 0.717) is 34.1 Å². The van der Waals surface area contributed by atoms with Gasteiger partial charge in [-0.3, -0.25) is 4.79 Å². The smallest absolute Gasteiger partial charge is 0.344 e. The number of carbonyl (C=O) groups excluding carboxylic acids is 2. The van der Waals surface area contributed by atoms with Gasteiger partial charge in [-0.25, -0.2) is 4.79 Å². The number of carbonyl (C=O) groups is 2. The highest BCUT2D eigenvalue weighted by Crippen LogP contribution is 2.35. The number of ether oxygens (including phenoxy) is 5. The van der Waals surface area contributed by atoms with Crippen LogP contribution in [0.2, 0.25) is 0 Å². The standard InChI is InChI=1S/C21H20O7/c1-4-26-20(22)12-27-16-8-5-13(9-18(16)25-3)10-19-21(23)15-7-6-14(24-2)11-17(15)28-19/h5-11H,4,12H2,1-3H3. The number of rotatable bonds is 7. The molecule has 0 saturated heterocycles. The molecular weight excluding hydrogens is 364 g/mol. The summed E-state index contributed by atoms with van der Waals surface area (Å²) >= 11 is 0. The molecule has 0 aliphatic carbocycles. The molecule has 0 bridgehead atoms. The van der Waals surface area contributed by atoms with E-state index in [4.69, 9.17) is 23.7 Å². The minimum absolute atomic E-state index is 0.200. The first-order valence-corrected chi connectivity index (χ1v) is 8.64. The molecule has 146 valence electrons. The van der Waals surface area contributed by atoms with Crippen LogP contribution >= 0.6 is 0 Å². The fourth-order valence-electron chi connectivity index (χ4n) is 2.68. The Hall–Kier alpha value is -3.48. The number of benzene rings is 2. The molecule has 0 aromatic heterocycles. The molecule has 0 unspecified atom stereocenters. The second-order valence-electron chi connectivity index (χ2n) is 5.81. The summed E-state index contributed by atoms with van der Waals surface area (Å²) in [6.45, 7) is 1.79. The maximum atomic E-state index is 12.5. The first-order valence-electron chi connectivity index (χ1n) is 8.64. The Morgan fingerprint density at radius 3 is 2.61 bits per heavy atom. The first-order chi connectivity index (χ1) is 13.5. The molecule has 28 heavy (non-hydrogen) atoms. The Balaban J connectivity index is 1.79. The average Bonchev–Trinajstić information content (AvgIpc) is 3.01. The summed E-state index contributed by atoms with van der Waals surface area (Å²) in [5.41, 5.74) is 1.16. The molecule has 0 radical (unpaired) electrons. The number of allylic oxidation sites excluding steroid dienone is 1. The van der Waals surface area contributed by atoms with Gasteiger partial charge in [0.15, 0.2) is 23.9 Å². The van der Waals surface area contributed by atoms with Crippen LogP contribution in [-0.2, 0) is 9.53 Å². The lowest BCUT2D eigenvalue weighted by molar-refractivity contribution is -0.145. The first kappa shape index (κ1) is 19.3. The molecule has 3 rings (SSSR count). The van der Waals surface area contributed by atoms with E-state index in [-0.39, 0.29) is 24.8 Å². The van der Waals surface area contributed by atoms with E-state index in [1.165, 1.54) is 7.11 Å². The van der Waals surface area contributed by atoms with Crippen molar-refractivity contribution in [1.82, 2.24) is 0 Å². The molecule has 7 nitrogen and oxygen atoms in total. The predicted molar refractivity (Wildman–Crippen MR) is 101 cm³/mol. The summed E-state index contributed by atoms with van der Waals surface area (Å²) in [6.07, 6.45) is 1.62. The third-order valence-corrected chi connectivity index (χ3v) is 4.01. The third-order valence-electron chi connectivity index (χ3n) is 4.01. The summed E-state index contributed by atoms with van der Waals surface area (Å²) in [4.78, 5) is 24.0. The zero-order valence-corrected chi connectivity index (χ0v) is 15.8. The molecule has 2 aromatic rings. The van der Waals surface area contributed by atoms with Crippen molar-refractivity contribution in [3.8, 4) is 23.0 Å². The van der Waals surface area contributed by atoms with Crippen LogP contribution in [0.15, 0.2) is 42.2 Å². The van der Waals surface area contributed by atoms with Gasteiger partial charge in [-0.15, -0.1) is 0 Å². The molecule has 2 aromatic carbocycles. The summed E-state index contributed by atoms with van der Waals surface area (Å²) in [5, 5.41) is 0. The summed E-state index contributed by atoms with van der Waals surface area (Å²) < 4.78 is 26.4. The molecule has 1 heterocycles. The maximum Gasteiger partial charge on any atom is 0.344 e. The second-order valence-corrected chi connectivity index (χ2v) is 5.81. The summed E-state index contributed by atoms with van der Waals surface area (Å²) in [6, 6.07) is 10.1. The van der Waals surface area contributed by atoms with Crippen molar-refractivity contribution in [3.63, 3.8) is 0 Å². The van der Waals surface area contributed by atoms with Gasteiger partial charge in [0.25, 0.3) is 0 Å². The Morgan fingerprint density at radius 1 is 1.07 bits per heavy atom. The van der Waals surface area contributed by atoms with E-state index in [1.54, 1.807) is 56.5 Å². The quantitative estimate of drug-likeness (QED) is 0.535. The molecule has 0 fully saturated rings. The van der Waals surface area contributed by atoms with E-state index in [0.717, 1.165) is 0 Å². The number of methoxy groups -OCH3 is 2. The van der Waals surface area contributed by atoms with Crippen molar-refractivity contribution in [2.75, 3.05) is 27.4 Å². The van der Waals surface area contributed by atoms with Gasteiger partial charge in [-0.2, -0.15) is 0 Å². The molecule has 7 heteroatoms. The van der Waals surface area contributed by atoms with Crippen LogP contribution < -0.4 is 18.9 Å². The van der Waals surface area contributed by atoms with Crippen molar-refractivity contribution >= 4 is 17.8 Å². The van der Waals surface area contributed by atoms with Crippen LogP contribution in [0.5, 0.6) is 23.0 Å². The molecule has 1 aliphatic heterocycles. The lowest BCUT2D eigenvalue weighted by atomic mass is 10.1. The van der Waals surface area contributed by atoms with E-state index >= 15 is 0 Å². The second kappa shape index (κ2) is 8.47. The van der Waals surface area contributed by atoms with Crippen molar-refractivity contribution < 1.29 is 33.3 Å². The summed E-state index contributed by atoms with van der Waals surface area (Å²) in [7, 11) is 3.04. The zero-order chi connectivity index (χ0) is 20.1. The van der Waals surface area contributed by atoms with Crippen molar-refractivity contribution in [2.24, 2.45) is 0 Å². The van der Waals surface area contributed by atoms with Gasteiger partial charge in [-0.1, -0.05) is 6.07 Å². The van der Waals surface area contributed by atoms with Crippen LogP contribution in [0.4, 0.5) is 0 Å². The number of hydrogen-bond donors (Lipinski definition) is 0. The monoisotopic (exact) mass is 384 g/mol. The number of hydrogen-bond acceptors (Lipinski definition) is 7. The number of esters is 1. The normalized spacial score (nSPS) is 13.7. The Labute approximate surface area is 162 Å².